The maximum absolute atomic E-state index is 8.84. The molecule has 0 saturated heterocycles. The van der Waals surface area contributed by atoms with Crippen molar-refractivity contribution in [3.8, 4) is 27.9 Å². The van der Waals surface area contributed by atoms with Crippen LogP contribution in [0.1, 0.15) is 9.60 Å². The lowest BCUT2D eigenvalue weighted by atomic mass is 9.97. The SMILES string of the molecule is [2H]c1c([2H])c([2H])c2c(oc3c([2H])c([2H])c([2H])c(-c4ccc(-c5ccc(-n6c7ccccc7c7cc8c(cc76)oc6ccccc68)cc5)cc4)c32)c1[2H]. The highest BCUT2D eigenvalue weighted by Gasteiger charge is 2.17. The maximum atomic E-state index is 8.84. The molecule has 3 nitrogen and oxygen atoms in total. The number of hydrogen-bond acceptors (Lipinski definition) is 2. The van der Waals surface area contributed by atoms with Crippen LogP contribution in [0.5, 0.6) is 0 Å². The molecular weight excluding hydrogens is 550 g/mol. The standard InChI is InChI=1S/C42H25NO2/c1-4-12-36-31(8-1)34-24-35-32-9-2-5-13-38(32)45-41(35)25-37(34)43(36)29-22-20-27(21-23-29)26-16-18-28(19-17-26)30-11-7-15-40-42(30)33-10-3-6-14-39(33)44-40/h1-25H/i3D,6D,7D,10D,11D,14D,15D. The first-order valence-electron chi connectivity index (χ1n) is 18.2. The molecule has 0 unspecified atom stereocenters. The van der Waals surface area contributed by atoms with Gasteiger partial charge >= 0.3 is 0 Å². The van der Waals surface area contributed by atoms with Crippen LogP contribution in [0.25, 0.3) is 93.6 Å². The second-order valence-corrected chi connectivity index (χ2v) is 11.2. The quantitative estimate of drug-likeness (QED) is 0.207. The van der Waals surface area contributed by atoms with Crippen LogP contribution in [0.3, 0.4) is 0 Å². The van der Waals surface area contributed by atoms with Crippen LogP contribution in [-0.2, 0) is 0 Å². The zero-order chi connectivity index (χ0) is 35.6. The summed E-state index contributed by atoms with van der Waals surface area (Å²) in [6.07, 6.45) is 0. The number of rotatable bonds is 3. The Bertz CT molecular complexity index is 3140. The van der Waals surface area contributed by atoms with Gasteiger partial charge in [-0.25, -0.2) is 0 Å². The van der Waals surface area contributed by atoms with Crippen molar-refractivity contribution in [3.63, 3.8) is 0 Å². The van der Waals surface area contributed by atoms with Gasteiger partial charge in [-0.1, -0.05) is 103 Å². The molecule has 0 radical (unpaired) electrons. The monoisotopic (exact) mass is 582 g/mol. The summed E-state index contributed by atoms with van der Waals surface area (Å²) in [5.41, 5.74) is 7.45. The van der Waals surface area contributed by atoms with Gasteiger partial charge in [0.2, 0.25) is 0 Å². The predicted octanol–water partition coefficient (Wildman–Crippen LogP) is 11.9. The molecular formula is C42H25NO2. The Hall–Kier alpha value is -6.06. The van der Waals surface area contributed by atoms with E-state index in [1.165, 1.54) is 0 Å². The second-order valence-electron chi connectivity index (χ2n) is 11.2. The van der Waals surface area contributed by atoms with Crippen LogP contribution in [0, 0.1) is 0 Å². The zero-order valence-electron chi connectivity index (χ0n) is 30.7. The fourth-order valence-electron chi connectivity index (χ4n) is 6.67. The average molecular weight is 583 g/mol. The molecule has 0 bridgehead atoms. The minimum atomic E-state index is -0.446. The van der Waals surface area contributed by atoms with Crippen LogP contribution in [0.15, 0.2) is 160 Å². The number of benzene rings is 7. The number of para-hydroxylation sites is 3. The molecule has 3 heteroatoms. The van der Waals surface area contributed by atoms with Gasteiger partial charge in [0, 0.05) is 44.1 Å². The molecule has 0 N–H and O–H groups in total. The predicted molar refractivity (Wildman–Crippen MR) is 186 cm³/mol. The molecule has 45 heavy (non-hydrogen) atoms. The Kier molecular flexibility index (Phi) is 3.80. The third kappa shape index (κ3) is 3.58. The fourth-order valence-corrected chi connectivity index (χ4v) is 6.67. The van der Waals surface area contributed by atoms with E-state index in [0.29, 0.717) is 5.56 Å². The molecule has 0 aliphatic carbocycles. The van der Waals surface area contributed by atoms with Crippen molar-refractivity contribution in [2.45, 2.75) is 0 Å². The first kappa shape index (κ1) is 18.6. The molecule has 0 fully saturated rings. The van der Waals surface area contributed by atoms with Gasteiger partial charge in [0.15, 0.2) is 0 Å². The van der Waals surface area contributed by atoms with E-state index in [0.717, 1.165) is 60.6 Å². The highest BCUT2D eigenvalue weighted by Crippen LogP contribution is 2.39. The van der Waals surface area contributed by atoms with Crippen molar-refractivity contribution < 1.29 is 18.4 Å². The summed E-state index contributed by atoms with van der Waals surface area (Å²) in [4.78, 5) is 0. The van der Waals surface area contributed by atoms with Crippen LogP contribution < -0.4 is 0 Å². The zero-order valence-corrected chi connectivity index (χ0v) is 23.7. The Labute approximate surface area is 268 Å². The van der Waals surface area contributed by atoms with E-state index in [1.807, 2.05) is 48.5 Å². The molecule has 10 rings (SSSR count). The lowest BCUT2D eigenvalue weighted by Crippen LogP contribution is -1.93. The second kappa shape index (κ2) is 9.22. The third-order valence-electron chi connectivity index (χ3n) is 8.75. The van der Waals surface area contributed by atoms with E-state index in [-0.39, 0.29) is 57.7 Å². The summed E-state index contributed by atoms with van der Waals surface area (Å²) in [6.45, 7) is 0. The number of hydrogen-bond donors (Lipinski definition) is 0. The molecule has 0 atom stereocenters. The minimum Gasteiger partial charge on any atom is -0.456 e. The Morgan fingerprint density at radius 3 is 2.00 bits per heavy atom. The van der Waals surface area contributed by atoms with E-state index in [1.54, 1.807) is 0 Å². The molecule has 3 heterocycles. The van der Waals surface area contributed by atoms with Crippen molar-refractivity contribution in [1.82, 2.24) is 4.57 Å². The van der Waals surface area contributed by atoms with Crippen LogP contribution in [0.2, 0.25) is 0 Å². The van der Waals surface area contributed by atoms with Gasteiger partial charge < -0.3 is 13.4 Å². The van der Waals surface area contributed by atoms with Gasteiger partial charge in [-0.05, 0) is 64.7 Å². The summed E-state index contributed by atoms with van der Waals surface area (Å²) in [7, 11) is 0. The van der Waals surface area contributed by atoms with Crippen molar-refractivity contribution >= 4 is 65.7 Å². The van der Waals surface area contributed by atoms with Crippen LogP contribution >= 0.6 is 0 Å². The average Bonchev–Trinajstić information content (AvgIpc) is 3.85. The van der Waals surface area contributed by atoms with Gasteiger partial charge in [0.05, 0.1) is 20.6 Å². The molecule has 3 aromatic heterocycles. The highest BCUT2D eigenvalue weighted by molar-refractivity contribution is 6.17. The summed E-state index contributed by atoms with van der Waals surface area (Å²) < 4.78 is 73.5. The Morgan fingerprint density at radius 1 is 0.444 bits per heavy atom. The van der Waals surface area contributed by atoms with Crippen molar-refractivity contribution in [2.75, 3.05) is 0 Å². The Balaban J connectivity index is 1.08. The normalized spacial score (nSPS) is 14.2. The summed E-state index contributed by atoms with van der Waals surface area (Å²) in [5, 5.41) is 4.81. The molecule has 210 valence electrons. The van der Waals surface area contributed by atoms with Crippen LogP contribution in [-0.4, -0.2) is 4.57 Å². The molecule has 0 aliphatic rings. The van der Waals surface area contributed by atoms with E-state index >= 15 is 0 Å². The molecule has 0 saturated carbocycles. The van der Waals surface area contributed by atoms with E-state index in [9.17, 15) is 0 Å². The Morgan fingerprint density at radius 2 is 1.13 bits per heavy atom. The smallest absolute Gasteiger partial charge is 0.137 e. The molecule has 7 aromatic carbocycles. The van der Waals surface area contributed by atoms with Gasteiger partial charge in [-0.2, -0.15) is 0 Å². The lowest BCUT2D eigenvalue weighted by molar-refractivity contribution is 0.668. The third-order valence-corrected chi connectivity index (χ3v) is 8.75. The molecule has 0 spiro atoms. The number of aromatic nitrogens is 1. The molecule has 0 amide bonds. The first-order chi connectivity index (χ1) is 25.2. The van der Waals surface area contributed by atoms with Crippen molar-refractivity contribution in [2.24, 2.45) is 0 Å². The first-order valence-corrected chi connectivity index (χ1v) is 14.7. The van der Waals surface area contributed by atoms with Gasteiger partial charge in [-0.3, -0.25) is 0 Å². The minimum absolute atomic E-state index is 0.0382. The van der Waals surface area contributed by atoms with Gasteiger partial charge in [0.25, 0.3) is 0 Å². The largest absolute Gasteiger partial charge is 0.456 e. The van der Waals surface area contributed by atoms with Crippen molar-refractivity contribution in [3.05, 3.63) is 151 Å². The summed E-state index contributed by atoms with van der Waals surface area (Å²) in [6, 6.07) is 34.2. The maximum Gasteiger partial charge on any atom is 0.137 e. The number of nitrogens with zero attached hydrogens (tertiary/aromatic N) is 1. The number of furan rings is 2. The molecule has 0 aliphatic heterocycles. The van der Waals surface area contributed by atoms with E-state index in [2.05, 4.69) is 65.2 Å². The topological polar surface area (TPSA) is 31.2 Å². The highest BCUT2D eigenvalue weighted by atomic mass is 16.3. The van der Waals surface area contributed by atoms with Crippen molar-refractivity contribution in [1.29, 1.82) is 0 Å². The van der Waals surface area contributed by atoms with Gasteiger partial charge in [0.1, 0.15) is 22.3 Å². The van der Waals surface area contributed by atoms with E-state index in [4.69, 9.17) is 18.4 Å². The van der Waals surface area contributed by atoms with E-state index < -0.39 is 12.1 Å². The molecule has 10 aromatic rings. The van der Waals surface area contributed by atoms with Crippen LogP contribution in [0.4, 0.5) is 0 Å². The number of fused-ring (bicyclic) bond motifs is 9. The lowest BCUT2D eigenvalue weighted by Gasteiger charge is -2.10. The summed E-state index contributed by atoms with van der Waals surface area (Å²) in [5.74, 6) is 0. The van der Waals surface area contributed by atoms with Gasteiger partial charge in [-0.15, -0.1) is 0 Å². The fraction of sp³-hybridized carbons (Fsp3) is 0. The summed E-state index contributed by atoms with van der Waals surface area (Å²) >= 11 is 0.